The van der Waals surface area contributed by atoms with Gasteiger partial charge in [0.05, 0.1) is 18.9 Å². The summed E-state index contributed by atoms with van der Waals surface area (Å²) in [6, 6.07) is 1.51. The second-order valence-corrected chi connectivity index (χ2v) is 2.28. The molecule has 0 saturated carbocycles. The third-order valence-electron chi connectivity index (χ3n) is 1.38. The molecule has 0 radical (unpaired) electrons. The molecule has 0 aliphatic carbocycles. The van der Waals surface area contributed by atoms with E-state index in [1.165, 1.54) is 0 Å². The minimum absolute atomic E-state index is 0.0427. The molecule has 3 heteroatoms. The predicted octanol–water partition coefficient (Wildman–Crippen LogP) is 0.580. The number of aliphatic hydroxyl groups is 1. The lowest BCUT2D eigenvalue weighted by molar-refractivity contribution is 0.267. The summed E-state index contributed by atoms with van der Waals surface area (Å²) in [5, 5.41) is 8.63. The maximum absolute atomic E-state index is 8.63. The average Bonchev–Trinajstić information content (AvgIpc) is 2.34. The Labute approximate surface area is 59.5 Å². The largest absolute Gasteiger partial charge is 0.469 e. The number of furan rings is 1. The van der Waals surface area contributed by atoms with Gasteiger partial charge in [0, 0.05) is 5.56 Å². The van der Waals surface area contributed by atoms with Gasteiger partial charge >= 0.3 is 0 Å². The maximum atomic E-state index is 8.63. The quantitative estimate of drug-likeness (QED) is 0.633. The lowest BCUT2D eigenvalue weighted by Gasteiger charge is -2.01. The standard InChI is InChI=1S/C7H11NO2/c1-5-2-6(4-10-5)7(8)3-9/h2,4,7,9H,3,8H2,1H3. The number of aliphatic hydroxyl groups excluding tert-OH is 1. The molecule has 0 bridgehead atoms. The third kappa shape index (κ3) is 1.37. The van der Waals surface area contributed by atoms with Gasteiger partial charge in [-0.2, -0.15) is 0 Å². The van der Waals surface area contributed by atoms with Crippen molar-refractivity contribution in [1.82, 2.24) is 0 Å². The van der Waals surface area contributed by atoms with Gasteiger partial charge in [-0.1, -0.05) is 0 Å². The molecular weight excluding hydrogens is 130 g/mol. The molecule has 3 nitrogen and oxygen atoms in total. The van der Waals surface area contributed by atoms with Crippen LogP contribution in [0, 0.1) is 6.92 Å². The molecular formula is C7H11NO2. The fourth-order valence-corrected chi connectivity index (χ4v) is 0.764. The van der Waals surface area contributed by atoms with Crippen molar-refractivity contribution >= 4 is 0 Å². The zero-order chi connectivity index (χ0) is 7.56. The summed E-state index contributed by atoms with van der Waals surface area (Å²) in [5.74, 6) is 0.818. The average molecular weight is 141 g/mol. The third-order valence-corrected chi connectivity index (χ3v) is 1.38. The Morgan fingerprint density at radius 2 is 2.50 bits per heavy atom. The SMILES string of the molecule is Cc1cc(C(N)CO)co1. The highest BCUT2D eigenvalue weighted by Crippen LogP contribution is 2.12. The van der Waals surface area contributed by atoms with Gasteiger partial charge in [0.25, 0.3) is 0 Å². The van der Waals surface area contributed by atoms with Crippen LogP contribution in [-0.2, 0) is 0 Å². The number of rotatable bonds is 2. The zero-order valence-electron chi connectivity index (χ0n) is 5.87. The first kappa shape index (κ1) is 7.31. The molecule has 0 amide bonds. The van der Waals surface area contributed by atoms with Gasteiger partial charge in [-0.15, -0.1) is 0 Å². The summed E-state index contributed by atoms with van der Waals surface area (Å²) >= 11 is 0. The van der Waals surface area contributed by atoms with Gasteiger partial charge in [-0.25, -0.2) is 0 Å². The van der Waals surface area contributed by atoms with Crippen molar-refractivity contribution in [2.75, 3.05) is 6.61 Å². The van der Waals surface area contributed by atoms with Crippen LogP contribution in [0.4, 0.5) is 0 Å². The molecule has 0 fully saturated rings. The van der Waals surface area contributed by atoms with Crippen LogP contribution < -0.4 is 5.73 Å². The summed E-state index contributed by atoms with van der Waals surface area (Å²) in [5.41, 5.74) is 6.34. The molecule has 1 unspecified atom stereocenters. The van der Waals surface area contributed by atoms with Crippen LogP contribution in [0.2, 0.25) is 0 Å². The summed E-state index contributed by atoms with van der Waals surface area (Å²) < 4.78 is 5.00. The molecule has 0 aromatic carbocycles. The minimum atomic E-state index is -0.308. The second-order valence-electron chi connectivity index (χ2n) is 2.28. The molecule has 1 heterocycles. The van der Waals surface area contributed by atoms with Crippen molar-refractivity contribution < 1.29 is 9.52 Å². The molecule has 0 aliphatic heterocycles. The van der Waals surface area contributed by atoms with Crippen LogP contribution in [0.25, 0.3) is 0 Å². The number of nitrogens with two attached hydrogens (primary N) is 1. The van der Waals surface area contributed by atoms with Crippen LogP contribution >= 0.6 is 0 Å². The first-order chi connectivity index (χ1) is 4.74. The van der Waals surface area contributed by atoms with Crippen LogP contribution in [0.3, 0.4) is 0 Å². The maximum Gasteiger partial charge on any atom is 0.101 e. The topological polar surface area (TPSA) is 59.4 Å². The van der Waals surface area contributed by atoms with Gasteiger partial charge < -0.3 is 15.3 Å². The summed E-state index contributed by atoms with van der Waals surface area (Å²) in [6.07, 6.45) is 1.57. The van der Waals surface area contributed by atoms with Crippen molar-refractivity contribution in [3.63, 3.8) is 0 Å². The highest BCUT2D eigenvalue weighted by Gasteiger charge is 2.05. The number of aryl methyl sites for hydroxylation is 1. The minimum Gasteiger partial charge on any atom is -0.469 e. The van der Waals surface area contributed by atoms with E-state index in [2.05, 4.69) is 0 Å². The molecule has 1 aromatic rings. The van der Waals surface area contributed by atoms with Gasteiger partial charge in [-0.05, 0) is 13.0 Å². The van der Waals surface area contributed by atoms with E-state index in [9.17, 15) is 0 Å². The van der Waals surface area contributed by atoms with Gasteiger partial charge in [-0.3, -0.25) is 0 Å². The van der Waals surface area contributed by atoms with Crippen molar-refractivity contribution in [2.24, 2.45) is 5.73 Å². The molecule has 10 heavy (non-hydrogen) atoms. The Kier molecular flexibility index (Phi) is 2.09. The molecule has 0 spiro atoms. The van der Waals surface area contributed by atoms with E-state index in [4.69, 9.17) is 15.3 Å². The van der Waals surface area contributed by atoms with E-state index in [1.807, 2.05) is 13.0 Å². The van der Waals surface area contributed by atoms with E-state index in [0.717, 1.165) is 11.3 Å². The van der Waals surface area contributed by atoms with Crippen LogP contribution in [-0.4, -0.2) is 11.7 Å². The molecule has 1 rings (SSSR count). The smallest absolute Gasteiger partial charge is 0.101 e. The highest BCUT2D eigenvalue weighted by molar-refractivity contribution is 5.15. The first-order valence-corrected chi connectivity index (χ1v) is 3.15. The highest BCUT2D eigenvalue weighted by atomic mass is 16.3. The van der Waals surface area contributed by atoms with Crippen molar-refractivity contribution in [2.45, 2.75) is 13.0 Å². The van der Waals surface area contributed by atoms with Gasteiger partial charge in [0.1, 0.15) is 5.76 Å². The van der Waals surface area contributed by atoms with Crippen molar-refractivity contribution in [1.29, 1.82) is 0 Å². The molecule has 1 atom stereocenters. The molecule has 0 aliphatic rings. The van der Waals surface area contributed by atoms with Crippen molar-refractivity contribution in [3.8, 4) is 0 Å². The molecule has 0 saturated heterocycles. The second kappa shape index (κ2) is 2.86. The summed E-state index contributed by atoms with van der Waals surface area (Å²) in [7, 11) is 0. The van der Waals surface area contributed by atoms with Crippen LogP contribution in [0.15, 0.2) is 16.7 Å². The molecule has 56 valence electrons. The van der Waals surface area contributed by atoms with Gasteiger partial charge in [0.2, 0.25) is 0 Å². The van der Waals surface area contributed by atoms with E-state index in [-0.39, 0.29) is 12.6 Å². The van der Waals surface area contributed by atoms with Gasteiger partial charge in [0.15, 0.2) is 0 Å². The Bertz CT molecular complexity index is 207. The lowest BCUT2D eigenvalue weighted by Crippen LogP contribution is -2.13. The Morgan fingerprint density at radius 3 is 2.90 bits per heavy atom. The van der Waals surface area contributed by atoms with Crippen molar-refractivity contribution in [3.05, 3.63) is 23.7 Å². The Balaban J connectivity index is 2.74. The lowest BCUT2D eigenvalue weighted by atomic mass is 10.2. The normalized spacial score (nSPS) is 13.5. The zero-order valence-corrected chi connectivity index (χ0v) is 5.87. The fourth-order valence-electron chi connectivity index (χ4n) is 0.764. The van der Waals surface area contributed by atoms with E-state index < -0.39 is 0 Å². The summed E-state index contributed by atoms with van der Waals surface area (Å²) in [4.78, 5) is 0. The van der Waals surface area contributed by atoms with Crippen LogP contribution in [0.5, 0.6) is 0 Å². The van der Waals surface area contributed by atoms with E-state index in [0.29, 0.717) is 0 Å². The van der Waals surface area contributed by atoms with Crippen LogP contribution in [0.1, 0.15) is 17.4 Å². The molecule has 1 aromatic heterocycles. The monoisotopic (exact) mass is 141 g/mol. The predicted molar refractivity (Wildman–Crippen MR) is 37.5 cm³/mol. The Hall–Kier alpha value is -0.800. The summed E-state index contributed by atoms with van der Waals surface area (Å²) in [6.45, 7) is 1.80. The molecule has 3 N–H and O–H groups in total. The number of hydrogen-bond acceptors (Lipinski definition) is 3. The number of hydrogen-bond donors (Lipinski definition) is 2. The van der Waals surface area contributed by atoms with E-state index >= 15 is 0 Å². The fraction of sp³-hybridized carbons (Fsp3) is 0.429. The first-order valence-electron chi connectivity index (χ1n) is 3.15. The van der Waals surface area contributed by atoms with E-state index in [1.54, 1.807) is 6.26 Å². The Morgan fingerprint density at radius 1 is 1.80 bits per heavy atom.